The van der Waals surface area contributed by atoms with Gasteiger partial charge in [-0.15, -0.1) is 0 Å². The number of carbonyl (C=O) groups excluding carboxylic acids is 1. The van der Waals surface area contributed by atoms with Gasteiger partial charge in [0.25, 0.3) is 0 Å². The van der Waals surface area contributed by atoms with Crippen molar-refractivity contribution >= 4 is 5.78 Å². The Kier molecular flexibility index (Phi) is 5.11. The van der Waals surface area contributed by atoms with Crippen LogP contribution in [0.15, 0.2) is 6.07 Å². The summed E-state index contributed by atoms with van der Waals surface area (Å²) in [7, 11) is 1.97. The van der Waals surface area contributed by atoms with Gasteiger partial charge >= 0.3 is 0 Å². The van der Waals surface area contributed by atoms with Crippen LogP contribution in [-0.4, -0.2) is 46.1 Å². The van der Waals surface area contributed by atoms with Crippen LogP contribution < -0.4 is 0 Å². The minimum Gasteiger partial charge on any atom is -0.395 e. The maximum absolute atomic E-state index is 12.3. The number of rotatable bonds is 6. The predicted octanol–water partition coefficient (Wildman–Crippen LogP) is 1.53. The van der Waals surface area contributed by atoms with E-state index in [1.165, 1.54) is 0 Å². The van der Waals surface area contributed by atoms with E-state index in [9.17, 15) is 4.79 Å². The van der Waals surface area contributed by atoms with E-state index >= 15 is 0 Å². The van der Waals surface area contributed by atoms with E-state index in [0.717, 1.165) is 17.0 Å². The highest BCUT2D eigenvalue weighted by Gasteiger charge is 2.18. The molecule has 0 aliphatic heterocycles. The van der Waals surface area contributed by atoms with Gasteiger partial charge in [-0.3, -0.25) is 9.69 Å². The van der Waals surface area contributed by atoms with Gasteiger partial charge in [0.05, 0.1) is 13.2 Å². The maximum Gasteiger partial charge on any atom is 0.178 e. The monoisotopic (exact) mass is 252 g/mol. The van der Waals surface area contributed by atoms with Crippen molar-refractivity contribution in [3.8, 4) is 0 Å². The Balaban J connectivity index is 2.84. The van der Waals surface area contributed by atoms with Crippen molar-refractivity contribution in [3.05, 3.63) is 23.0 Å². The molecule has 1 aromatic heterocycles. The van der Waals surface area contributed by atoms with Crippen LogP contribution in [0.25, 0.3) is 0 Å². The van der Waals surface area contributed by atoms with Gasteiger partial charge in [0.1, 0.15) is 0 Å². The Morgan fingerprint density at radius 1 is 1.44 bits per heavy atom. The molecular weight excluding hydrogens is 228 g/mol. The fraction of sp³-hybridized carbons (Fsp3) is 0.643. The zero-order chi connectivity index (χ0) is 13.9. The van der Waals surface area contributed by atoms with Crippen LogP contribution in [0.5, 0.6) is 0 Å². The zero-order valence-electron chi connectivity index (χ0n) is 12.0. The van der Waals surface area contributed by atoms with Crippen LogP contribution in [0, 0.1) is 13.8 Å². The number of hydrogen-bond donors (Lipinski definition) is 1. The first-order valence-corrected chi connectivity index (χ1v) is 6.39. The van der Waals surface area contributed by atoms with Crippen molar-refractivity contribution in [2.45, 2.75) is 33.7 Å². The molecule has 102 valence electrons. The highest BCUT2D eigenvalue weighted by Crippen LogP contribution is 2.14. The lowest BCUT2D eigenvalue weighted by Crippen LogP contribution is -2.37. The summed E-state index contributed by atoms with van der Waals surface area (Å²) < 4.78 is 2.03. The van der Waals surface area contributed by atoms with Crippen molar-refractivity contribution in [3.63, 3.8) is 0 Å². The van der Waals surface area contributed by atoms with E-state index in [1.54, 1.807) is 0 Å². The van der Waals surface area contributed by atoms with Gasteiger partial charge in [-0.1, -0.05) is 0 Å². The van der Waals surface area contributed by atoms with Crippen LogP contribution in [0.2, 0.25) is 0 Å². The molecule has 0 saturated carbocycles. The molecule has 0 radical (unpaired) electrons. The zero-order valence-corrected chi connectivity index (χ0v) is 12.0. The quantitative estimate of drug-likeness (QED) is 0.781. The highest BCUT2D eigenvalue weighted by atomic mass is 16.3. The molecule has 0 amide bonds. The van der Waals surface area contributed by atoms with Crippen LogP contribution >= 0.6 is 0 Å². The second-order valence-corrected chi connectivity index (χ2v) is 5.05. The third-order valence-corrected chi connectivity index (χ3v) is 3.54. The number of Topliss-reactive ketones (excluding diaryl/α,β-unsaturated/α-hetero) is 1. The SMILES string of the molecule is Cc1cc(C(=O)CN(CCO)C(C)C)c(C)n1C. The first-order valence-electron chi connectivity index (χ1n) is 6.39. The molecular formula is C14H24N2O2. The van der Waals surface area contributed by atoms with Crippen LogP contribution in [0.4, 0.5) is 0 Å². The Hall–Kier alpha value is -1.13. The summed E-state index contributed by atoms with van der Waals surface area (Å²) in [4.78, 5) is 14.3. The summed E-state index contributed by atoms with van der Waals surface area (Å²) in [5.74, 6) is 0.123. The second kappa shape index (κ2) is 6.16. The number of ketones is 1. The van der Waals surface area contributed by atoms with Gasteiger partial charge in [-0.2, -0.15) is 0 Å². The number of carbonyl (C=O) groups is 1. The van der Waals surface area contributed by atoms with Gasteiger partial charge in [-0.25, -0.2) is 0 Å². The number of aryl methyl sites for hydroxylation is 1. The molecule has 0 aliphatic carbocycles. The number of nitrogens with zero attached hydrogens (tertiary/aromatic N) is 2. The van der Waals surface area contributed by atoms with Gasteiger partial charge in [0.2, 0.25) is 0 Å². The lowest BCUT2D eigenvalue weighted by molar-refractivity contribution is 0.0880. The largest absolute Gasteiger partial charge is 0.395 e. The molecule has 0 aliphatic rings. The van der Waals surface area contributed by atoms with Crippen LogP contribution in [-0.2, 0) is 7.05 Å². The average Bonchev–Trinajstić information content (AvgIpc) is 2.56. The van der Waals surface area contributed by atoms with E-state index in [0.29, 0.717) is 13.1 Å². The summed E-state index contributed by atoms with van der Waals surface area (Å²) in [6, 6.07) is 2.20. The van der Waals surface area contributed by atoms with E-state index in [2.05, 4.69) is 0 Å². The Morgan fingerprint density at radius 3 is 2.44 bits per heavy atom. The van der Waals surface area contributed by atoms with E-state index in [-0.39, 0.29) is 18.4 Å². The second-order valence-electron chi connectivity index (χ2n) is 5.05. The van der Waals surface area contributed by atoms with Crippen molar-refractivity contribution in [2.24, 2.45) is 7.05 Å². The molecule has 4 nitrogen and oxygen atoms in total. The summed E-state index contributed by atoms with van der Waals surface area (Å²) in [5, 5.41) is 9.01. The fourth-order valence-electron chi connectivity index (χ4n) is 2.06. The first-order chi connectivity index (χ1) is 8.38. The molecule has 0 unspecified atom stereocenters. The first kappa shape index (κ1) is 14.9. The number of hydrogen-bond acceptors (Lipinski definition) is 3. The van der Waals surface area contributed by atoms with Gasteiger partial charge in [0.15, 0.2) is 5.78 Å². The molecule has 1 rings (SSSR count). The molecule has 0 aromatic carbocycles. The third kappa shape index (κ3) is 3.21. The lowest BCUT2D eigenvalue weighted by Gasteiger charge is -2.24. The normalized spacial score (nSPS) is 11.6. The molecule has 0 atom stereocenters. The highest BCUT2D eigenvalue weighted by molar-refractivity contribution is 5.99. The molecule has 0 fully saturated rings. The number of aromatic nitrogens is 1. The topological polar surface area (TPSA) is 45.5 Å². The lowest BCUT2D eigenvalue weighted by atomic mass is 10.1. The van der Waals surface area contributed by atoms with Crippen LogP contribution in [0.1, 0.15) is 35.6 Å². The van der Waals surface area contributed by atoms with Crippen molar-refractivity contribution in [2.75, 3.05) is 19.7 Å². The Morgan fingerprint density at radius 2 is 2.06 bits per heavy atom. The number of aliphatic hydroxyl groups is 1. The van der Waals surface area contributed by atoms with Gasteiger partial charge in [0, 0.05) is 36.6 Å². The average molecular weight is 252 g/mol. The van der Waals surface area contributed by atoms with Gasteiger partial charge < -0.3 is 9.67 Å². The summed E-state index contributed by atoms with van der Waals surface area (Å²) in [6.45, 7) is 9.01. The summed E-state index contributed by atoms with van der Waals surface area (Å²) in [5.41, 5.74) is 2.89. The smallest absolute Gasteiger partial charge is 0.178 e. The summed E-state index contributed by atoms with van der Waals surface area (Å²) in [6.07, 6.45) is 0. The third-order valence-electron chi connectivity index (χ3n) is 3.54. The maximum atomic E-state index is 12.3. The molecule has 1 N–H and O–H groups in total. The molecule has 0 spiro atoms. The minimum atomic E-state index is 0.0816. The van der Waals surface area contributed by atoms with Crippen molar-refractivity contribution in [1.82, 2.24) is 9.47 Å². The predicted molar refractivity (Wildman–Crippen MR) is 73.0 cm³/mol. The van der Waals surface area contributed by atoms with Crippen molar-refractivity contribution in [1.29, 1.82) is 0 Å². The van der Waals surface area contributed by atoms with E-state index < -0.39 is 0 Å². The standard InChI is InChI=1S/C14H24N2O2/c1-10(2)16(6-7-17)9-14(18)13-8-11(3)15(5)12(13)4/h8,10,17H,6-7,9H2,1-5H3. The van der Waals surface area contributed by atoms with Gasteiger partial charge in [-0.05, 0) is 33.8 Å². The molecule has 18 heavy (non-hydrogen) atoms. The molecule has 4 heteroatoms. The van der Waals surface area contributed by atoms with E-state index in [4.69, 9.17) is 5.11 Å². The fourth-order valence-corrected chi connectivity index (χ4v) is 2.06. The molecule has 0 bridgehead atoms. The Bertz CT molecular complexity index is 422. The van der Waals surface area contributed by atoms with E-state index in [1.807, 2.05) is 50.3 Å². The Labute approximate surface area is 109 Å². The number of aliphatic hydroxyl groups excluding tert-OH is 1. The summed E-state index contributed by atoms with van der Waals surface area (Å²) >= 11 is 0. The molecule has 0 saturated heterocycles. The van der Waals surface area contributed by atoms with Crippen molar-refractivity contribution < 1.29 is 9.90 Å². The van der Waals surface area contributed by atoms with Crippen LogP contribution in [0.3, 0.4) is 0 Å². The molecule has 1 aromatic rings. The molecule has 1 heterocycles. The minimum absolute atomic E-state index is 0.0816.